The number of hydrogen-bond acceptors (Lipinski definition) is 2. The number of nitrogens with one attached hydrogen (secondary N) is 2. The third-order valence-electron chi connectivity index (χ3n) is 3.61. The first-order chi connectivity index (χ1) is 9.85. The highest BCUT2D eigenvalue weighted by atomic mass is 16.4. The lowest BCUT2D eigenvalue weighted by Gasteiger charge is -2.21. The van der Waals surface area contributed by atoms with Crippen molar-refractivity contribution in [2.24, 2.45) is 5.41 Å². The topological polar surface area (TPSA) is 65.1 Å². The first kappa shape index (κ1) is 15.6. The molecule has 0 radical (unpaired) electrons. The average Bonchev–Trinajstić information content (AvgIpc) is 2.79. The summed E-state index contributed by atoms with van der Waals surface area (Å²) in [4.78, 5) is 14.6. The lowest BCUT2D eigenvalue weighted by atomic mass is 9.88. The van der Waals surface area contributed by atoms with Gasteiger partial charge in [-0.1, -0.05) is 39.0 Å². The van der Waals surface area contributed by atoms with Gasteiger partial charge < -0.3 is 10.1 Å². The number of carboxylic acids is 1. The molecule has 1 atom stereocenters. The first-order valence-corrected chi connectivity index (χ1v) is 7.38. The number of hydrogen-bond donors (Lipinski definition) is 3. The van der Waals surface area contributed by atoms with Gasteiger partial charge in [0.05, 0.1) is 0 Å². The first-order valence-electron chi connectivity index (χ1n) is 7.38. The second kappa shape index (κ2) is 6.31. The predicted octanol–water partition coefficient (Wildman–Crippen LogP) is 3.54. The maximum absolute atomic E-state index is 11.3. The van der Waals surface area contributed by atoms with Crippen molar-refractivity contribution < 1.29 is 9.90 Å². The highest BCUT2D eigenvalue weighted by Crippen LogP contribution is 2.22. The molecule has 0 aliphatic rings. The van der Waals surface area contributed by atoms with Gasteiger partial charge in [-0.2, -0.15) is 0 Å². The number of fused-ring (bicyclic) bond motifs is 1. The van der Waals surface area contributed by atoms with E-state index in [1.165, 1.54) is 0 Å². The van der Waals surface area contributed by atoms with Crippen LogP contribution in [0.3, 0.4) is 0 Å². The Balaban J connectivity index is 1.96. The molecule has 2 aromatic rings. The summed E-state index contributed by atoms with van der Waals surface area (Å²) in [6.45, 7) is 6.92. The quantitative estimate of drug-likeness (QED) is 0.761. The summed E-state index contributed by atoms with van der Waals surface area (Å²) in [5.41, 5.74) is 2.24. The van der Waals surface area contributed by atoms with Gasteiger partial charge >= 0.3 is 5.97 Å². The van der Waals surface area contributed by atoms with Crippen molar-refractivity contribution in [2.45, 2.75) is 46.2 Å². The molecule has 0 aliphatic heterocycles. The van der Waals surface area contributed by atoms with Crippen molar-refractivity contribution >= 4 is 16.9 Å². The minimum Gasteiger partial charge on any atom is -0.480 e. The van der Waals surface area contributed by atoms with E-state index >= 15 is 0 Å². The largest absolute Gasteiger partial charge is 0.480 e. The molecule has 1 aromatic heterocycles. The Morgan fingerprint density at radius 2 is 2.05 bits per heavy atom. The van der Waals surface area contributed by atoms with Gasteiger partial charge in [-0.25, -0.2) is 0 Å². The zero-order valence-electron chi connectivity index (χ0n) is 12.9. The van der Waals surface area contributed by atoms with E-state index in [2.05, 4.69) is 37.1 Å². The molecule has 1 aromatic carbocycles. The van der Waals surface area contributed by atoms with E-state index < -0.39 is 12.0 Å². The molecule has 3 N–H and O–H groups in total. The number of H-pyrrole nitrogens is 1. The van der Waals surface area contributed by atoms with E-state index in [1.807, 2.05) is 24.3 Å². The fourth-order valence-corrected chi connectivity index (χ4v) is 2.35. The molecule has 0 aliphatic carbocycles. The van der Waals surface area contributed by atoms with Crippen molar-refractivity contribution in [1.82, 2.24) is 10.3 Å². The molecule has 0 unspecified atom stereocenters. The Kier molecular flexibility index (Phi) is 4.68. The number of benzene rings is 1. The van der Waals surface area contributed by atoms with Crippen LogP contribution in [-0.4, -0.2) is 22.1 Å². The summed E-state index contributed by atoms with van der Waals surface area (Å²) >= 11 is 0. The zero-order valence-corrected chi connectivity index (χ0v) is 12.9. The number of aromatic amines is 1. The molecule has 21 heavy (non-hydrogen) atoms. The second-order valence-corrected chi connectivity index (χ2v) is 6.75. The van der Waals surface area contributed by atoms with Crippen LogP contribution in [-0.2, 0) is 11.3 Å². The predicted molar refractivity (Wildman–Crippen MR) is 85.3 cm³/mol. The minimum atomic E-state index is -0.782. The van der Waals surface area contributed by atoms with Crippen LogP contribution >= 0.6 is 0 Å². The number of aliphatic carboxylic acids is 1. The van der Waals surface area contributed by atoms with Crippen LogP contribution in [0.2, 0.25) is 0 Å². The number of carbonyl (C=O) groups is 1. The minimum absolute atomic E-state index is 0.149. The Labute approximate surface area is 125 Å². The van der Waals surface area contributed by atoms with Gasteiger partial charge in [0.15, 0.2) is 0 Å². The van der Waals surface area contributed by atoms with Gasteiger partial charge in [0.1, 0.15) is 6.04 Å². The van der Waals surface area contributed by atoms with Gasteiger partial charge in [0.25, 0.3) is 0 Å². The number of aromatic nitrogens is 1. The van der Waals surface area contributed by atoms with Crippen LogP contribution in [0.25, 0.3) is 10.9 Å². The maximum atomic E-state index is 11.3. The molecule has 114 valence electrons. The summed E-state index contributed by atoms with van der Waals surface area (Å²) in [5.74, 6) is -0.782. The van der Waals surface area contributed by atoms with Crippen molar-refractivity contribution in [1.29, 1.82) is 0 Å². The molecule has 0 bridgehead atoms. The highest BCUT2D eigenvalue weighted by Gasteiger charge is 2.20. The Morgan fingerprint density at radius 3 is 2.67 bits per heavy atom. The molecule has 0 fully saturated rings. The molecule has 4 heteroatoms. The fourth-order valence-electron chi connectivity index (χ4n) is 2.35. The van der Waals surface area contributed by atoms with Gasteiger partial charge in [0, 0.05) is 17.8 Å². The summed E-state index contributed by atoms with van der Waals surface area (Å²) in [5, 5.41) is 13.6. The fraction of sp³-hybridized carbons (Fsp3) is 0.471. The van der Waals surface area contributed by atoms with Crippen molar-refractivity contribution in [3.63, 3.8) is 0 Å². The van der Waals surface area contributed by atoms with Crippen LogP contribution in [0.1, 0.15) is 39.3 Å². The lowest BCUT2D eigenvalue weighted by Crippen LogP contribution is -2.37. The number of carboxylic acid groups (broad SMARTS) is 1. The molecule has 0 saturated carbocycles. The summed E-state index contributed by atoms with van der Waals surface area (Å²) < 4.78 is 0. The average molecular weight is 288 g/mol. The van der Waals surface area contributed by atoms with E-state index in [0.717, 1.165) is 23.0 Å². The molecule has 0 spiro atoms. The SMILES string of the molecule is CC(C)(C)CC[C@H](NCc1cc2ccccc2[nH]1)C(=O)O. The van der Waals surface area contributed by atoms with Crippen LogP contribution in [0.5, 0.6) is 0 Å². The molecular formula is C17H24N2O2. The van der Waals surface area contributed by atoms with Crippen LogP contribution in [0, 0.1) is 5.41 Å². The van der Waals surface area contributed by atoms with E-state index in [0.29, 0.717) is 13.0 Å². The standard InChI is InChI=1S/C17H24N2O2/c1-17(2,3)9-8-15(16(20)21)18-11-13-10-12-6-4-5-7-14(12)19-13/h4-7,10,15,18-19H,8-9,11H2,1-3H3,(H,20,21)/t15-/m0/s1. The highest BCUT2D eigenvalue weighted by molar-refractivity contribution is 5.80. The molecule has 4 nitrogen and oxygen atoms in total. The van der Waals surface area contributed by atoms with E-state index in [9.17, 15) is 9.90 Å². The van der Waals surface area contributed by atoms with E-state index in [1.54, 1.807) is 0 Å². The molecule has 2 rings (SSSR count). The smallest absolute Gasteiger partial charge is 0.320 e. The van der Waals surface area contributed by atoms with Gasteiger partial charge in [0.2, 0.25) is 0 Å². The zero-order chi connectivity index (χ0) is 15.5. The third-order valence-corrected chi connectivity index (χ3v) is 3.61. The monoisotopic (exact) mass is 288 g/mol. The van der Waals surface area contributed by atoms with Crippen LogP contribution < -0.4 is 5.32 Å². The lowest BCUT2D eigenvalue weighted by molar-refractivity contribution is -0.139. The summed E-state index contributed by atoms with van der Waals surface area (Å²) in [6.07, 6.45) is 1.52. The van der Waals surface area contributed by atoms with Gasteiger partial charge in [-0.15, -0.1) is 0 Å². The summed E-state index contributed by atoms with van der Waals surface area (Å²) in [7, 11) is 0. The number of para-hydroxylation sites is 1. The normalized spacial score (nSPS) is 13.5. The Hall–Kier alpha value is -1.81. The van der Waals surface area contributed by atoms with Crippen LogP contribution in [0.4, 0.5) is 0 Å². The van der Waals surface area contributed by atoms with Gasteiger partial charge in [-0.3, -0.25) is 10.1 Å². The van der Waals surface area contributed by atoms with Crippen molar-refractivity contribution in [3.8, 4) is 0 Å². The van der Waals surface area contributed by atoms with E-state index in [-0.39, 0.29) is 5.41 Å². The molecule has 0 amide bonds. The Morgan fingerprint density at radius 1 is 1.33 bits per heavy atom. The Bertz CT molecular complexity index is 578. The number of rotatable bonds is 6. The van der Waals surface area contributed by atoms with Crippen molar-refractivity contribution in [2.75, 3.05) is 0 Å². The molecule has 0 saturated heterocycles. The third kappa shape index (κ3) is 4.60. The van der Waals surface area contributed by atoms with Crippen LogP contribution in [0.15, 0.2) is 30.3 Å². The van der Waals surface area contributed by atoms with Gasteiger partial charge in [-0.05, 0) is 35.8 Å². The molecule has 1 heterocycles. The second-order valence-electron chi connectivity index (χ2n) is 6.75. The molecular weight excluding hydrogens is 264 g/mol. The maximum Gasteiger partial charge on any atom is 0.320 e. The van der Waals surface area contributed by atoms with Crippen molar-refractivity contribution in [3.05, 3.63) is 36.0 Å². The van der Waals surface area contributed by atoms with E-state index in [4.69, 9.17) is 0 Å². The summed E-state index contributed by atoms with van der Waals surface area (Å²) in [6, 6.07) is 9.61.